The summed E-state index contributed by atoms with van der Waals surface area (Å²) in [6.45, 7) is 6.19. The van der Waals surface area contributed by atoms with Gasteiger partial charge in [0.15, 0.2) is 4.80 Å². The smallest absolute Gasteiger partial charge is 0.338 e. The summed E-state index contributed by atoms with van der Waals surface area (Å²) in [7, 11) is 0. The number of ether oxygens (including phenoxy) is 1. The van der Waals surface area contributed by atoms with E-state index in [2.05, 4.69) is 52.4 Å². The van der Waals surface area contributed by atoms with E-state index >= 15 is 0 Å². The number of phenols is 1. The van der Waals surface area contributed by atoms with Crippen LogP contribution in [-0.4, -0.2) is 22.2 Å². The largest absolute Gasteiger partial charge is 0.506 e. The van der Waals surface area contributed by atoms with E-state index in [4.69, 9.17) is 9.73 Å². The molecule has 6 nitrogen and oxygen atoms in total. The normalized spacial score (nSPS) is 15.2. The Morgan fingerprint density at radius 2 is 1.88 bits per heavy atom. The van der Waals surface area contributed by atoms with Crippen LogP contribution in [0.5, 0.6) is 5.75 Å². The lowest BCUT2D eigenvalue weighted by molar-refractivity contribution is -0.138. The molecule has 0 bridgehead atoms. The molecule has 204 valence electrons. The Labute approximate surface area is 257 Å². The van der Waals surface area contributed by atoms with Crippen molar-refractivity contribution in [3.8, 4) is 5.75 Å². The molecular formula is C31H26BrIN2O4S. The van der Waals surface area contributed by atoms with E-state index in [0.717, 1.165) is 21.2 Å². The van der Waals surface area contributed by atoms with E-state index < -0.39 is 12.0 Å². The van der Waals surface area contributed by atoms with Crippen molar-refractivity contribution >= 4 is 67.6 Å². The third-order valence-electron chi connectivity index (χ3n) is 6.64. The van der Waals surface area contributed by atoms with Gasteiger partial charge in [-0.25, -0.2) is 9.79 Å². The first kappa shape index (κ1) is 28.5. The van der Waals surface area contributed by atoms with E-state index in [1.807, 2.05) is 54.6 Å². The SMILES string of the molecule is CCOC(=O)C1=C(c2ccccc2)N=c2s/c(=C\c3cc(Br)cc(I)c3O)c(=O)n2[C@@H]1c1ccc(C(C)C)cc1. The molecule has 40 heavy (non-hydrogen) atoms. The number of thiazole rings is 1. The Kier molecular flexibility index (Phi) is 8.44. The van der Waals surface area contributed by atoms with Crippen molar-refractivity contribution in [3.05, 3.63) is 122 Å². The lowest BCUT2D eigenvalue weighted by atomic mass is 9.91. The van der Waals surface area contributed by atoms with Gasteiger partial charge in [-0.15, -0.1) is 0 Å². The van der Waals surface area contributed by atoms with Crippen LogP contribution in [0, 0.1) is 3.57 Å². The lowest BCUT2D eigenvalue weighted by Crippen LogP contribution is -2.40. The quantitative estimate of drug-likeness (QED) is 0.192. The third kappa shape index (κ3) is 5.46. The number of nitrogens with zero attached hydrogens (tertiary/aromatic N) is 2. The molecular weight excluding hydrogens is 703 g/mol. The van der Waals surface area contributed by atoms with Crippen LogP contribution in [0.1, 0.15) is 55.0 Å². The average Bonchev–Trinajstić information content (AvgIpc) is 3.25. The number of rotatable bonds is 6. The maximum Gasteiger partial charge on any atom is 0.338 e. The molecule has 3 aromatic carbocycles. The number of hydrogen-bond acceptors (Lipinski definition) is 6. The number of esters is 1. The minimum atomic E-state index is -0.745. The molecule has 1 aromatic heterocycles. The van der Waals surface area contributed by atoms with Gasteiger partial charge in [0.2, 0.25) is 0 Å². The second-order valence-electron chi connectivity index (χ2n) is 9.58. The standard InChI is InChI=1S/C31H26BrIN2O4S/c1-4-39-30(38)25-26(19-8-6-5-7-9-19)34-31-35(27(25)20-12-10-18(11-13-20)17(2)3)29(37)24(40-31)15-21-14-22(32)16-23(33)28(21)36/h5-17,27,36H,4H2,1-3H3/b24-15-/t27-/m1/s1. The molecule has 0 amide bonds. The summed E-state index contributed by atoms with van der Waals surface area (Å²) in [6, 6.07) is 20.3. The van der Waals surface area contributed by atoms with Crippen molar-refractivity contribution in [1.29, 1.82) is 0 Å². The predicted octanol–water partition coefficient (Wildman–Crippen LogP) is 6.13. The number of halogens is 2. The first-order valence-corrected chi connectivity index (χ1v) is 15.4. The Balaban J connectivity index is 1.83. The van der Waals surface area contributed by atoms with Crippen molar-refractivity contribution in [3.63, 3.8) is 0 Å². The monoisotopic (exact) mass is 728 g/mol. The molecule has 2 heterocycles. The van der Waals surface area contributed by atoms with E-state index in [9.17, 15) is 14.7 Å². The molecule has 0 saturated heterocycles. The second-order valence-corrected chi connectivity index (χ2v) is 12.7. The van der Waals surface area contributed by atoms with Crippen LogP contribution in [0.4, 0.5) is 0 Å². The number of aromatic nitrogens is 1. The van der Waals surface area contributed by atoms with Crippen molar-refractivity contribution < 1.29 is 14.6 Å². The molecule has 0 aliphatic carbocycles. The summed E-state index contributed by atoms with van der Waals surface area (Å²) in [4.78, 5) is 33.0. The summed E-state index contributed by atoms with van der Waals surface area (Å²) in [5.41, 5.74) is 3.68. The van der Waals surface area contributed by atoms with Crippen LogP contribution >= 0.6 is 49.9 Å². The zero-order valence-electron chi connectivity index (χ0n) is 22.0. The van der Waals surface area contributed by atoms with Crippen LogP contribution in [0.15, 0.2) is 86.6 Å². The van der Waals surface area contributed by atoms with Crippen LogP contribution in [0.3, 0.4) is 0 Å². The fourth-order valence-electron chi connectivity index (χ4n) is 4.66. The lowest BCUT2D eigenvalue weighted by Gasteiger charge is -2.26. The molecule has 0 radical (unpaired) electrons. The van der Waals surface area contributed by atoms with E-state index in [0.29, 0.717) is 35.7 Å². The van der Waals surface area contributed by atoms with E-state index in [1.54, 1.807) is 29.7 Å². The number of benzene rings is 3. The molecule has 0 fully saturated rings. The van der Waals surface area contributed by atoms with E-state index in [-0.39, 0.29) is 17.9 Å². The predicted molar refractivity (Wildman–Crippen MR) is 170 cm³/mol. The summed E-state index contributed by atoms with van der Waals surface area (Å²) < 4.78 is 8.93. The number of hydrogen-bond donors (Lipinski definition) is 1. The molecule has 5 rings (SSSR count). The Bertz CT molecular complexity index is 1810. The summed E-state index contributed by atoms with van der Waals surface area (Å²) >= 11 is 6.75. The van der Waals surface area contributed by atoms with Crippen LogP contribution in [-0.2, 0) is 9.53 Å². The molecule has 0 unspecified atom stereocenters. The van der Waals surface area contributed by atoms with Crippen LogP contribution in [0.25, 0.3) is 11.8 Å². The minimum Gasteiger partial charge on any atom is -0.506 e. The Morgan fingerprint density at radius 1 is 1.18 bits per heavy atom. The molecule has 0 saturated carbocycles. The van der Waals surface area contributed by atoms with Crippen molar-refractivity contribution in [1.82, 2.24) is 4.57 Å². The van der Waals surface area contributed by atoms with Crippen molar-refractivity contribution in [2.24, 2.45) is 4.99 Å². The van der Waals surface area contributed by atoms with Gasteiger partial charge >= 0.3 is 5.97 Å². The Morgan fingerprint density at radius 3 is 2.52 bits per heavy atom. The zero-order valence-corrected chi connectivity index (χ0v) is 26.6. The average molecular weight is 729 g/mol. The van der Waals surface area contributed by atoms with Gasteiger partial charge in [-0.2, -0.15) is 0 Å². The number of aromatic hydroxyl groups is 1. The third-order valence-corrected chi connectivity index (χ3v) is 8.90. The zero-order chi connectivity index (χ0) is 28.6. The number of phenolic OH excluding ortho intramolecular Hbond substituents is 1. The van der Waals surface area contributed by atoms with Gasteiger partial charge in [0.25, 0.3) is 5.56 Å². The topological polar surface area (TPSA) is 80.9 Å². The minimum absolute atomic E-state index is 0.0904. The fourth-order valence-corrected chi connectivity index (χ4v) is 7.20. The van der Waals surface area contributed by atoms with Gasteiger partial charge in [-0.3, -0.25) is 9.36 Å². The van der Waals surface area contributed by atoms with Crippen molar-refractivity contribution in [2.45, 2.75) is 32.7 Å². The molecule has 4 aromatic rings. The van der Waals surface area contributed by atoms with Gasteiger partial charge in [0.05, 0.1) is 32.0 Å². The number of fused-ring (bicyclic) bond motifs is 1. The number of carbonyl (C=O) groups excluding carboxylic acids is 1. The molecule has 0 spiro atoms. The number of carbonyl (C=O) groups is 1. The highest BCUT2D eigenvalue weighted by Gasteiger charge is 2.35. The highest BCUT2D eigenvalue weighted by molar-refractivity contribution is 14.1. The molecule has 1 N–H and O–H groups in total. The van der Waals surface area contributed by atoms with Gasteiger partial charge < -0.3 is 9.84 Å². The summed E-state index contributed by atoms with van der Waals surface area (Å²) in [5, 5.41) is 10.7. The van der Waals surface area contributed by atoms with E-state index in [1.165, 1.54) is 11.3 Å². The Hall–Kier alpha value is -3.02. The van der Waals surface area contributed by atoms with Gasteiger partial charge in [-0.1, -0.05) is 95.7 Å². The van der Waals surface area contributed by atoms with Crippen molar-refractivity contribution in [2.75, 3.05) is 6.61 Å². The van der Waals surface area contributed by atoms with Crippen LogP contribution in [0.2, 0.25) is 0 Å². The first-order valence-electron chi connectivity index (χ1n) is 12.8. The van der Waals surface area contributed by atoms with Gasteiger partial charge in [-0.05, 0) is 64.8 Å². The summed E-state index contributed by atoms with van der Waals surface area (Å²) in [6.07, 6.45) is 1.67. The van der Waals surface area contributed by atoms with Gasteiger partial charge in [0, 0.05) is 15.6 Å². The maximum absolute atomic E-state index is 14.0. The van der Waals surface area contributed by atoms with Crippen LogP contribution < -0.4 is 14.9 Å². The summed E-state index contributed by atoms with van der Waals surface area (Å²) in [5.74, 6) is -0.0965. The molecule has 1 atom stereocenters. The first-order chi connectivity index (χ1) is 19.2. The molecule has 9 heteroatoms. The molecule has 1 aliphatic rings. The molecule has 1 aliphatic heterocycles. The fraction of sp³-hybridized carbons (Fsp3) is 0.194. The maximum atomic E-state index is 14.0. The van der Waals surface area contributed by atoms with Gasteiger partial charge in [0.1, 0.15) is 5.75 Å². The highest BCUT2D eigenvalue weighted by atomic mass is 127. The second kappa shape index (κ2) is 11.8. The highest BCUT2D eigenvalue weighted by Crippen LogP contribution is 2.36.